The van der Waals surface area contributed by atoms with Crippen molar-refractivity contribution < 1.29 is 8.42 Å². The molecule has 0 radical (unpaired) electrons. The lowest BCUT2D eigenvalue weighted by atomic mass is 10.2. The third kappa shape index (κ3) is 5.44. The number of sulfonamides is 1. The first-order valence-electron chi connectivity index (χ1n) is 4.90. The fraction of sp³-hybridized carbons (Fsp3) is 0.889. The summed E-state index contributed by atoms with van der Waals surface area (Å²) in [6, 6.07) is -0.175. The van der Waals surface area contributed by atoms with Crippen LogP contribution in [-0.2, 0) is 10.0 Å². The molecule has 0 aliphatic rings. The highest BCUT2D eigenvalue weighted by Crippen LogP contribution is 2.11. The zero-order valence-corrected chi connectivity index (χ0v) is 11.4. The molecule has 0 fully saturated rings. The second-order valence-corrected chi connectivity index (χ2v) is 6.81. The van der Waals surface area contributed by atoms with Crippen LogP contribution in [0.3, 0.4) is 0 Å². The molecule has 0 heterocycles. The van der Waals surface area contributed by atoms with Crippen LogP contribution in [0.25, 0.3) is 0 Å². The number of hydrogen-bond acceptors (Lipinski definition) is 3. The van der Waals surface area contributed by atoms with Gasteiger partial charge in [-0.3, -0.25) is 0 Å². The molecular formula is C9H20N2O2S2. The summed E-state index contributed by atoms with van der Waals surface area (Å²) in [5.41, 5.74) is 5.39. The van der Waals surface area contributed by atoms with E-state index in [1.54, 1.807) is 14.0 Å². The minimum absolute atomic E-state index is 0.120. The summed E-state index contributed by atoms with van der Waals surface area (Å²) in [6.45, 7) is 5.56. The van der Waals surface area contributed by atoms with Gasteiger partial charge in [-0.2, -0.15) is 0 Å². The lowest BCUT2D eigenvalue weighted by molar-refractivity contribution is 0.393. The first-order chi connectivity index (χ1) is 6.66. The summed E-state index contributed by atoms with van der Waals surface area (Å²) >= 11 is 4.76. The molecule has 1 unspecified atom stereocenters. The SMILES string of the molecule is CC(C)CS(=O)(=O)N(C)C(C)CC(N)=S. The normalized spacial score (nSPS) is 14.5. The summed E-state index contributed by atoms with van der Waals surface area (Å²) in [5, 5.41) is 0. The molecule has 0 aliphatic carbocycles. The molecule has 0 rings (SSSR count). The monoisotopic (exact) mass is 252 g/mol. The minimum Gasteiger partial charge on any atom is -0.393 e. The van der Waals surface area contributed by atoms with Gasteiger partial charge in [-0.15, -0.1) is 0 Å². The van der Waals surface area contributed by atoms with Crippen molar-refractivity contribution in [2.75, 3.05) is 12.8 Å². The van der Waals surface area contributed by atoms with Gasteiger partial charge in [0, 0.05) is 19.5 Å². The number of thiocarbonyl (C=S) groups is 1. The largest absolute Gasteiger partial charge is 0.393 e. The zero-order chi connectivity index (χ0) is 12.2. The highest BCUT2D eigenvalue weighted by Gasteiger charge is 2.24. The van der Waals surface area contributed by atoms with Crippen LogP contribution in [0.1, 0.15) is 27.2 Å². The fourth-order valence-corrected chi connectivity index (χ4v) is 3.17. The Morgan fingerprint density at radius 3 is 2.20 bits per heavy atom. The Bertz CT molecular complexity index is 312. The summed E-state index contributed by atoms with van der Waals surface area (Å²) < 4.78 is 25.0. The predicted molar refractivity (Wildman–Crippen MR) is 67.3 cm³/mol. The van der Waals surface area contributed by atoms with Crippen LogP contribution in [0.4, 0.5) is 0 Å². The second kappa shape index (κ2) is 5.77. The van der Waals surface area contributed by atoms with E-state index in [4.69, 9.17) is 18.0 Å². The number of rotatable bonds is 6. The molecule has 0 aromatic rings. The van der Waals surface area contributed by atoms with Gasteiger partial charge < -0.3 is 5.73 Å². The maximum absolute atomic E-state index is 11.8. The molecule has 0 saturated heterocycles. The molecule has 0 aromatic carbocycles. The van der Waals surface area contributed by atoms with Crippen molar-refractivity contribution in [3.05, 3.63) is 0 Å². The summed E-state index contributed by atoms with van der Waals surface area (Å²) in [6.07, 6.45) is 0.420. The number of hydrogen-bond donors (Lipinski definition) is 1. The van der Waals surface area contributed by atoms with Crippen molar-refractivity contribution in [2.24, 2.45) is 11.7 Å². The van der Waals surface area contributed by atoms with Crippen molar-refractivity contribution in [3.8, 4) is 0 Å². The van der Waals surface area contributed by atoms with Crippen molar-refractivity contribution in [1.82, 2.24) is 4.31 Å². The summed E-state index contributed by atoms with van der Waals surface area (Å²) in [5.74, 6) is 0.278. The highest BCUT2D eigenvalue weighted by molar-refractivity contribution is 7.89. The van der Waals surface area contributed by atoms with Crippen molar-refractivity contribution in [2.45, 2.75) is 33.2 Å². The van der Waals surface area contributed by atoms with Crippen molar-refractivity contribution in [3.63, 3.8) is 0 Å². The van der Waals surface area contributed by atoms with E-state index in [1.807, 2.05) is 13.8 Å². The first kappa shape index (κ1) is 14.8. The van der Waals surface area contributed by atoms with Gasteiger partial charge in [-0.25, -0.2) is 12.7 Å². The molecule has 0 amide bonds. The van der Waals surface area contributed by atoms with Crippen molar-refractivity contribution in [1.29, 1.82) is 0 Å². The molecule has 0 aliphatic heterocycles. The third-order valence-corrected chi connectivity index (χ3v) is 4.59. The maximum atomic E-state index is 11.8. The quantitative estimate of drug-likeness (QED) is 0.715. The molecule has 0 saturated carbocycles. The Morgan fingerprint density at radius 2 is 1.87 bits per heavy atom. The third-order valence-electron chi connectivity index (χ3n) is 2.10. The van der Waals surface area contributed by atoms with Crippen LogP contribution in [0.5, 0.6) is 0 Å². The molecule has 6 heteroatoms. The molecule has 0 bridgehead atoms. The van der Waals surface area contributed by atoms with E-state index in [0.717, 1.165) is 0 Å². The van der Waals surface area contributed by atoms with E-state index in [2.05, 4.69) is 0 Å². The molecule has 4 nitrogen and oxygen atoms in total. The Hall–Kier alpha value is -0.200. The van der Waals surface area contributed by atoms with Gasteiger partial charge >= 0.3 is 0 Å². The van der Waals surface area contributed by atoms with E-state index in [1.165, 1.54) is 4.31 Å². The number of nitrogens with zero attached hydrogens (tertiary/aromatic N) is 1. The highest BCUT2D eigenvalue weighted by atomic mass is 32.2. The first-order valence-corrected chi connectivity index (χ1v) is 6.92. The maximum Gasteiger partial charge on any atom is 0.214 e. The van der Waals surface area contributed by atoms with Crippen LogP contribution in [0, 0.1) is 5.92 Å². The van der Waals surface area contributed by atoms with Crippen LogP contribution in [-0.4, -0.2) is 36.6 Å². The van der Waals surface area contributed by atoms with Crippen LogP contribution in [0.15, 0.2) is 0 Å². The van der Waals surface area contributed by atoms with E-state index in [0.29, 0.717) is 11.4 Å². The molecule has 2 N–H and O–H groups in total. The Kier molecular flexibility index (Phi) is 5.69. The Balaban J connectivity index is 4.55. The average Bonchev–Trinajstić information content (AvgIpc) is 1.98. The lowest BCUT2D eigenvalue weighted by Gasteiger charge is -2.24. The number of nitrogens with two attached hydrogens (primary N) is 1. The van der Waals surface area contributed by atoms with Gasteiger partial charge in [0.15, 0.2) is 0 Å². The Labute approximate surface area is 97.9 Å². The average molecular weight is 252 g/mol. The predicted octanol–water partition coefficient (Wildman–Crippen LogP) is 0.969. The van der Waals surface area contributed by atoms with E-state index < -0.39 is 10.0 Å². The standard InChI is InChI=1S/C9H20N2O2S2/c1-7(2)6-15(12,13)11(4)8(3)5-9(10)14/h7-8H,5-6H2,1-4H3,(H2,10,14). The van der Waals surface area contributed by atoms with Crippen LogP contribution in [0.2, 0.25) is 0 Å². The van der Waals surface area contributed by atoms with Gasteiger partial charge in [0.2, 0.25) is 10.0 Å². The molecule has 15 heavy (non-hydrogen) atoms. The van der Waals surface area contributed by atoms with Gasteiger partial charge in [0.25, 0.3) is 0 Å². The van der Waals surface area contributed by atoms with Crippen molar-refractivity contribution >= 4 is 27.2 Å². The zero-order valence-electron chi connectivity index (χ0n) is 9.73. The molecule has 0 aromatic heterocycles. The van der Waals surface area contributed by atoms with E-state index in [9.17, 15) is 8.42 Å². The fourth-order valence-electron chi connectivity index (χ4n) is 1.23. The molecule has 1 atom stereocenters. The van der Waals surface area contributed by atoms with E-state index in [-0.39, 0.29) is 17.7 Å². The molecule has 90 valence electrons. The Morgan fingerprint density at radius 1 is 1.40 bits per heavy atom. The summed E-state index contributed by atoms with van der Waals surface area (Å²) in [4.78, 5) is 0.342. The van der Waals surface area contributed by atoms with E-state index >= 15 is 0 Å². The second-order valence-electron chi connectivity index (χ2n) is 4.21. The van der Waals surface area contributed by atoms with Gasteiger partial charge in [-0.1, -0.05) is 26.1 Å². The van der Waals surface area contributed by atoms with Crippen LogP contribution >= 0.6 is 12.2 Å². The smallest absolute Gasteiger partial charge is 0.214 e. The molecule has 0 spiro atoms. The lowest BCUT2D eigenvalue weighted by Crippen LogP contribution is -2.39. The van der Waals surface area contributed by atoms with Gasteiger partial charge in [-0.05, 0) is 12.8 Å². The van der Waals surface area contributed by atoms with Crippen LogP contribution < -0.4 is 5.73 Å². The topological polar surface area (TPSA) is 63.4 Å². The minimum atomic E-state index is -3.19. The van der Waals surface area contributed by atoms with Gasteiger partial charge in [0.1, 0.15) is 0 Å². The van der Waals surface area contributed by atoms with Gasteiger partial charge in [0.05, 0.1) is 10.7 Å². The molecular weight excluding hydrogens is 232 g/mol. The summed E-state index contributed by atoms with van der Waals surface area (Å²) in [7, 11) is -1.62.